The van der Waals surface area contributed by atoms with Gasteiger partial charge in [0.05, 0.1) is 6.10 Å². The third-order valence-electron chi connectivity index (χ3n) is 3.67. The molecule has 1 atom stereocenters. The van der Waals surface area contributed by atoms with E-state index in [0.29, 0.717) is 12.6 Å². The Morgan fingerprint density at radius 1 is 1.50 bits per heavy atom. The lowest BCUT2D eigenvalue weighted by molar-refractivity contribution is 0.0891. The molecular formula is C14H23N3O. The van der Waals surface area contributed by atoms with Crippen LogP contribution in [-0.2, 0) is 11.3 Å². The van der Waals surface area contributed by atoms with E-state index in [-0.39, 0.29) is 0 Å². The molecule has 0 radical (unpaired) electrons. The number of aryl methyl sites for hydroxylation is 2. The summed E-state index contributed by atoms with van der Waals surface area (Å²) in [5.74, 6) is 1.05. The van der Waals surface area contributed by atoms with Crippen molar-refractivity contribution in [1.82, 2.24) is 4.98 Å². The minimum atomic E-state index is 0.312. The highest BCUT2D eigenvalue weighted by Gasteiger charge is 2.23. The summed E-state index contributed by atoms with van der Waals surface area (Å²) < 4.78 is 5.48. The van der Waals surface area contributed by atoms with Crippen molar-refractivity contribution in [1.29, 1.82) is 0 Å². The summed E-state index contributed by atoms with van der Waals surface area (Å²) in [5, 5.41) is 0. The van der Waals surface area contributed by atoms with E-state index in [9.17, 15) is 0 Å². The second kappa shape index (κ2) is 5.67. The van der Waals surface area contributed by atoms with Gasteiger partial charge in [-0.15, -0.1) is 0 Å². The van der Waals surface area contributed by atoms with Crippen molar-refractivity contribution in [3.05, 3.63) is 22.9 Å². The number of aromatic nitrogens is 1. The van der Waals surface area contributed by atoms with Crippen LogP contribution in [0, 0.1) is 13.8 Å². The molecular weight excluding hydrogens is 226 g/mol. The Kier molecular flexibility index (Phi) is 4.19. The molecule has 2 heterocycles. The number of methoxy groups -OCH3 is 1. The minimum absolute atomic E-state index is 0.312. The molecule has 0 amide bonds. The number of pyridine rings is 1. The van der Waals surface area contributed by atoms with Crippen LogP contribution in [0.25, 0.3) is 0 Å². The third kappa shape index (κ3) is 2.65. The molecule has 2 rings (SSSR count). The fourth-order valence-corrected chi connectivity index (χ4v) is 2.68. The lowest BCUT2D eigenvalue weighted by atomic mass is 10.0. The largest absolute Gasteiger partial charge is 0.380 e. The number of piperidine rings is 1. The lowest BCUT2D eigenvalue weighted by Crippen LogP contribution is -2.40. The van der Waals surface area contributed by atoms with E-state index >= 15 is 0 Å². The highest BCUT2D eigenvalue weighted by atomic mass is 16.5. The van der Waals surface area contributed by atoms with Gasteiger partial charge in [-0.25, -0.2) is 4.98 Å². The van der Waals surface area contributed by atoms with Gasteiger partial charge >= 0.3 is 0 Å². The van der Waals surface area contributed by atoms with Crippen LogP contribution >= 0.6 is 0 Å². The first kappa shape index (κ1) is 13.3. The maximum absolute atomic E-state index is 5.88. The molecule has 0 bridgehead atoms. The Hall–Kier alpha value is -1.13. The number of rotatable bonds is 3. The highest BCUT2D eigenvalue weighted by Crippen LogP contribution is 2.25. The van der Waals surface area contributed by atoms with Crippen LogP contribution in [-0.4, -0.2) is 31.3 Å². The van der Waals surface area contributed by atoms with Gasteiger partial charge in [0.25, 0.3) is 0 Å². The molecule has 0 aromatic carbocycles. The van der Waals surface area contributed by atoms with Gasteiger partial charge in [0, 0.05) is 38.0 Å². The molecule has 0 aliphatic carbocycles. The summed E-state index contributed by atoms with van der Waals surface area (Å²) in [6.07, 6.45) is 2.60. The number of hydrogen-bond donors (Lipinski definition) is 1. The molecule has 100 valence electrons. The first-order valence-corrected chi connectivity index (χ1v) is 6.60. The quantitative estimate of drug-likeness (QED) is 0.887. The van der Waals surface area contributed by atoms with E-state index in [2.05, 4.69) is 22.9 Å². The molecule has 1 unspecified atom stereocenters. The molecule has 18 heavy (non-hydrogen) atoms. The summed E-state index contributed by atoms with van der Waals surface area (Å²) in [6, 6.07) is 2.10. The van der Waals surface area contributed by atoms with Gasteiger partial charge in [-0.3, -0.25) is 0 Å². The standard InChI is InChI=1S/C14H23N3O/c1-10-7-11(2)16-14(13(10)8-15)17-6-4-5-12(9-17)18-3/h7,12H,4-6,8-9,15H2,1-3H3. The van der Waals surface area contributed by atoms with Gasteiger partial charge in [0.2, 0.25) is 0 Å². The predicted molar refractivity (Wildman–Crippen MR) is 73.8 cm³/mol. The molecule has 4 heteroatoms. The van der Waals surface area contributed by atoms with Gasteiger partial charge in [0.1, 0.15) is 5.82 Å². The summed E-state index contributed by atoms with van der Waals surface area (Å²) in [4.78, 5) is 7.01. The fourth-order valence-electron chi connectivity index (χ4n) is 2.68. The van der Waals surface area contributed by atoms with Gasteiger partial charge in [0.15, 0.2) is 0 Å². The van der Waals surface area contributed by atoms with Crippen molar-refractivity contribution < 1.29 is 4.74 Å². The van der Waals surface area contributed by atoms with Crippen LogP contribution in [0.1, 0.15) is 29.7 Å². The van der Waals surface area contributed by atoms with Crippen LogP contribution in [0.5, 0.6) is 0 Å². The monoisotopic (exact) mass is 249 g/mol. The SMILES string of the molecule is COC1CCCN(c2nc(C)cc(C)c2CN)C1. The number of nitrogens with zero attached hydrogens (tertiary/aromatic N) is 2. The fraction of sp³-hybridized carbons (Fsp3) is 0.643. The Morgan fingerprint density at radius 2 is 2.28 bits per heavy atom. The van der Waals surface area contributed by atoms with Crippen molar-refractivity contribution in [2.24, 2.45) is 5.73 Å². The van der Waals surface area contributed by atoms with E-state index in [0.717, 1.165) is 43.0 Å². The molecule has 0 saturated carbocycles. The smallest absolute Gasteiger partial charge is 0.133 e. The Balaban J connectivity index is 2.31. The van der Waals surface area contributed by atoms with Gasteiger partial charge in [-0.1, -0.05) is 0 Å². The zero-order valence-corrected chi connectivity index (χ0v) is 11.6. The van der Waals surface area contributed by atoms with Gasteiger partial charge in [-0.2, -0.15) is 0 Å². The first-order valence-electron chi connectivity index (χ1n) is 6.60. The van der Waals surface area contributed by atoms with Crippen molar-refractivity contribution >= 4 is 5.82 Å². The summed E-state index contributed by atoms with van der Waals surface area (Å²) >= 11 is 0. The zero-order valence-electron chi connectivity index (χ0n) is 11.6. The van der Waals surface area contributed by atoms with Crippen LogP contribution in [0.2, 0.25) is 0 Å². The minimum Gasteiger partial charge on any atom is -0.380 e. The number of hydrogen-bond acceptors (Lipinski definition) is 4. The van der Waals surface area contributed by atoms with Gasteiger partial charge < -0.3 is 15.4 Å². The number of anilines is 1. The zero-order chi connectivity index (χ0) is 13.1. The normalized spacial score (nSPS) is 20.2. The summed E-state index contributed by atoms with van der Waals surface area (Å²) in [5.41, 5.74) is 9.33. The molecule has 2 N–H and O–H groups in total. The molecule has 4 nitrogen and oxygen atoms in total. The van der Waals surface area contributed by atoms with E-state index in [1.165, 1.54) is 5.56 Å². The van der Waals surface area contributed by atoms with Crippen LogP contribution in [0.15, 0.2) is 6.07 Å². The maximum atomic E-state index is 5.88. The topological polar surface area (TPSA) is 51.4 Å². The molecule has 1 aliphatic heterocycles. The van der Waals surface area contributed by atoms with E-state index in [4.69, 9.17) is 10.5 Å². The molecule has 1 saturated heterocycles. The molecule has 0 spiro atoms. The first-order chi connectivity index (χ1) is 8.65. The van der Waals surface area contributed by atoms with E-state index in [1.807, 2.05) is 6.92 Å². The van der Waals surface area contributed by atoms with Crippen LogP contribution < -0.4 is 10.6 Å². The Labute approximate surface area is 109 Å². The van der Waals surface area contributed by atoms with Crippen molar-refractivity contribution in [3.8, 4) is 0 Å². The van der Waals surface area contributed by atoms with Crippen LogP contribution in [0.3, 0.4) is 0 Å². The molecule has 1 aliphatic rings. The van der Waals surface area contributed by atoms with E-state index in [1.54, 1.807) is 7.11 Å². The molecule has 1 fully saturated rings. The predicted octanol–water partition coefficient (Wildman–Crippen LogP) is 1.77. The maximum Gasteiger partial charge on any atom is 0.133 e. The number of ether oxygens (including phenoxy) is 1. The molecule has 1 aromatic heterocycles. The number of nitrogens with two attached hydrogens (primary N) is 1. The van der Waals surface area contributed by atoms with Crippen molar-refractivity contribution in [2.75, 3.05) is 25.1 Å². The average Bonchev–Trinajstić information content (AvgIpc) is 2.38. The average molecular weight is 249 g/mol. The lowest BCUT2D eigenvalue weighted by Gasteiger charge is -2.34. The second-order valence-electron chi connectivity index (χ2n) is 5.03. The third-order valence-corrected chi connectivity index (χ3v) is 3.67. The van der Waals surface area contributed by atoms with Crippen LogP contribution in [0.4, 0.5) is 5.82 Å². The summed E-state index contributed by atoms with van der Waals surface area (Å²) in [6.45, 7) is 6.65. The van der Waals surface area contributed by atoms with Gasteiger partial charge in [-0.05, 0) is 38.3 Å². The Morgan fingerprint density at radius 3 is 2.94 bits per heavy atom. The highest BCUT2D eigenvalue weighted by molar-refractivity contribution is 5.52. The molecule has 1 aromatic rings. The second-order valence-corrected chi connectivity index (χ2v) is 5.03. The van der Waals surface area contributed by atoms with E-state index < -0.39 is 0 Å². The van der Waals surface area contributed by atoms with Crippen molar-refractivity contribution in [2.45, 2.75) is 39.3 Å². The Bertz CT molecular complexity index is 420. The van der Waals surface area contributed by atoms with Crippen molar-refractivity contribution in [3.63, 3.8) is 0 Å². The summed E-state index contributed by atoms with van der Waals surface area (Å²) in [7, 11) is 1.78.